The van der Waals surface area contributed by atoms with Crippen molar-refractivity contribution in [1.29, 1.82) is 0 Å². The van der Waals surface area contributed by atoms with Crippen LogP contribution in [-0.2, 0) is 16.6 Å². The van der Waals surface area contributed by atoms with Gasteiger partial charge in [-0.15, -0.1) is 0 Å². The quantitative estimate of drug-likeness (QED) is 0.332. The molecule has 0 saturated heterocycles. The molecule has 164 valence electrons. The van der Waals surface area contributed by atoms with Gasteiger partial charge in [0.1, 0.15) is 5.75 Å². The third-order valence-electron chi connectivity index (χ3n) is 5.46. The molecule has 4 aromatic rings. The van der Waals surface area contributed by atoms with Crippen molar-refractivity contribution in [2.45, 2.75) is 25.3 Å². The number of aryl methyl sites for hydroxylation is 1. The van der Waals surface area contributed by atoms with Gasteiger partial charge in [-0.05, 0) is 49.7 Å². The first-order valence-electron chi connectivity index (χ1n) is 10.2. The molecule has 0 fully saturated rings. The Morgan fingerprint density at radius 3 is 2.41 bits per heavy atom. The lowest BCUT2D eigenvalue weighted by molar-refractivity contribution is 0.415. The predicted molar refractivity (Wildman–Crippen MR) is 128 cm³/mol. The van der Waals surface area contributed by atoms with Gasteiger partial charge in [0, 0.05) is 28.7 Å². The van der Waals surface area contributed by atoms with Crippen molar-refractivity contribution in [3.63, 3.8) is 0 Å². The van der Waals surface area contributed by atoms with E-state index in [-0.39, 0.29) is 4.90 Å². The van der Waals surface area contributed by atoms with Gasteiger partial charge in [-0.2, -0.15) is 13.5 Å². The fourth-order valence-corrected chi connectivity index (χ4v) is 4.47. The van der Waals surface area contributed by atoms with Crippen LogP contribution in [-0.4, -0.2) is 26.3 Å². The summed E-state index contributed by atoms with van der Waals surface area (Å²) in [5.41, 5.74) is 5.00. The topological polar surface area (TPSA) is 72.7 Å². The lowest BCUT2D eigenvalue weighted by Gasteiger charge is -2.09. The molecule has 0 aliphatic heterocycles. The molecule has 0 unspecified atom stereocenters. The van der Waals surface area contributed by atoms with Crippen LogP contribution in [0.5, 0.6) is 5.75 Å². The van der Waals surface area contributed by atoms with Crippen LogP contribution in [0, 0.1) is 13.8 Å². The van der Waals surface area contributed by atoms with Gasteiger partial charge in [-0.25, -0.2) is 4.83 Å². The second-order valence-electron chi connectivity index (χ2n) is 7.62. The molecule has 0 saturated carbocycles. The van der Waals surface area contributed by atoms with E-state index in [1.165, 1.54) is 5.56 Å². The van der Waals surface area contributed by atoms with Crippen molar-refractivity contribution in [2.75, 3.05) is 7.11 Å². The lowest BCUT2D eigenvalue weighted by atomic mass is 10.1. The van der Waals surface area contributed by atoms with E-state index in [1.54, 1.807) is 37.6 Å². The molecule has 1 N–H and O–H groups in total. The summed E-state index contributed by atoms with van der Waals surface area (Å²) in [4.78, 5) is 2.50. The number of nitrogens with one attached hydrogen (secondary N) is 1. The van der Waals surface area contributed by atoms with Crippen LogP contribution in [0.25, 0.3) is 10.9 Å². The maximum atomic E-state index is 12.6. The van der Waals surface area contributed by atoms with Crippen molar-refractivity contribution >= 4 is 27.1 Å². The smallest absolute Gasteiger partial charge is 0.276 e. The molecular weight excluding hydrogens is 422 g/mol. The van der Waals surface area contributed by atoms with Gasteiger partial charge in [0.2, 0.25) is 0 Å². The molecule has 0 atom stereocenters. The van der Waals surface area contributed by atoms with E-state index in [0.29, 0.717) is 6.54 Å². The highest BCUT2D eigenvalue weighted by Gasteiger charge is 2.15. The molecule has 7 heteroatoms. The molecule has 6 nitrogen and oxygen atoms in total. The summed E-state index contributed by atoms with van der Waals surface area (Å²) in [5.74, 6) is 0.726. The van der Waals surface area contributed by atoms with Crippen LogP contribution in [0.4, 0.5) is 0 Å². The maximum absolute atomic E-state index is 12.6. The van der Waals surface area contributed by atoms with E-state index in [2.05, 4.69) is 26.6 Å². The fourth-order valence-electron chi connectivity index (χ4n) is 3.68. The highest BCUT2D eigenvalue weighted by atomic mass is 32.2. The highest BCUT2D eigenvalue weighted by Crippen LogP contribution is 2.29. The molecule has 0 spiro atoms. The van der Waals surface area contributed by atoms with Gasteiger partial charge in [0.05, 0.1) is 18.2 Å². The monoisotopic (exact) mass is 447 g/mol. The standard InChI is InChI=1S/C25H25N3O3S/c1-18-9-12-22(13-10-18)32(29,30)27-26-16-24-19(2)28(17-20-7-5-4-6-8-20)25-14-11-21(31-3)15-23(24)25/h4-16,27H,17H2,1-3H3. The average molecular weight is 448 g/mol. The molecule has 1 heterocycles. The number of rotatable bonds is 7. The molecule has 3 aromatic carbocycles. The summed E-state index contributed by atoms with van der Waals surface area (Å²) in [6.07, 6.45) is 1.56. The first-order chi connectivity index (χ1) is 15.4. The van der Waals surface area contributed by atoms with Crippen LogP contribution in [0.2, 0.25) is 0 Å². The lowest BCUT2D eigenvalue weighted by Crippen LogP contribution is -2.18. The second kappa shape index (κ2) is 8.88. The summed E-state index contributed by atoms with van der Waals surface area (Å²) in [5, 5.41) is 5.02. The van der Waals surface area contributed by atoms with Gasteiger partial charge < -0.3 is 9.30 Å². The molecule has 4 rings (SSSR count). The van der Waals surface area contributed by atoms with Crippen LogP contribution in [0.3, 0.4) is 0 Å². The van der Waals surface area contributed by atoms with Crippen molar-refractivity contribution in [3.8, 4) is 5.75 Å². The van der Waals surface area contributed by atoms with Crippen molar-refractivity contribution in [3.05, 3.63) is 95.2 Å². The molecule has 32 heavy (non-hydrogen) atoms. The van der Waals surface area contributed by atoms with E-state index in [9.17, 15) is 8.42 Å². The zero-order chi connectivity index (χ0) is 22.7. The Morgan fingerprint density at radius 1 is 1.00 bits per heavy atom. The SMILES string of the molecule is COc1ccc2c(c1)c(C=NNS(=O)(=O)c1ccc(C)cc1)c(C)n2Cc1ccccc1. The largest absolute Gasteiger partial charge is 0.497 e. The number of nitrogens with zero attached hydrogens (tertiary/aromatic N) is 2. The number of ether oxygens (including phenoxy) is 1. The summed E-state index contributed by atoms with van der Waals surface area (Å²) < 4.78 is 32.8. The Balaban J connectivity index is 1.71. The Kier molecular flexibility index (Phi) is 6.01. The molecule has 0 aliphatic carbocycles. The summed E-state index contributed by atoms with van der Waals surface area (Å²) >= 11 is 0. The van der Waals surface area contributed by atoms with Gasteiger partial charge >= 0.3 is 0 Å². The van der Waals surface area contributed by atoms with Gasteiger partial charge in [-0.1, -0.05) is 48.0 Å². The Hall–Kier alpha value is -3.58. The van der Waals surface area contributed by atoms with Crippen molar-refractivity contribution < 1.29 is 13.2 Å². The molecule has 0 bridgehead atoms. The Labute approximate surface area is 188 Å². The number of methoxy groups -OCH3 is 1. The van der Waals surface area contributed by atoms with Crippen molar-refractivity contribution in [1.82, 2.24) is 9.40 Å². The van der Waals surface area contributed by atoms with Crippen LogP contribution in [0.15, 0.2) is 82.8 Å². The van der Waals surface area contributed by atoms with Gasteiger partial charge in [0.15, 0.2) is 0 Å². The van der Waals surface area contributed by atoms with E-state index in [0.717, 1.165) is 33.5 Å². The van der Waals surface area contributed by atoms with E-state index in [4.69, 9.17) is 4.74 Å². The number of benzene rings is 3. The molecular formula is C25H25N3O3S. The van der Waals surface area contributed by atoms with E-state index >= 15 is 0 Å². The second-order valence-corrected chi connectivity index (χ2v) is 9.28. The summed E-state index contributed by atoms with van der Waals surface area (Å²) in [7, 11) is -2.12. The minimum atomic E-state index is -3.75. The zero-order valence-electron chi connectivity index (χ0n) is 18.2. The summed E-state index contributed by atoms with van der Waals surface area (Å²) in [6, 6.07) is 22.7. The molecule has 0 amide bonds. The third-order valence-corrected chi connectivity index (χ3v) is 6.70. The molecule has 0 aliphatic rings. The number of hydrazone groups is 1. The van der Waals surface area contributed by atoms with Crippen LogP contribution < -0.4 is 9.57 Å². The molecule has 0 radical (unpaired) electrons. The number of hydrogen-bond donors (Lipinski definition) is 1. The number of fused-ring (bicyclic) bond motifs is 1. The van der Waals surface area contributed by atoms with E-state index < -0.39 is 10.0 Å². The summed E-state index contributed by atoms with van der Waals surface area (Å²) in [6.45, 7) is 4.61. The number of sulfonamides is 1. The van der Waals surface area contributed by atoms with Crippen LogP contribution in [0.1, 0.15) is 22.4 Å². The first-order valence-corrected chi connectivity index (χ1v) is 11.7. The fraction of sp³-hybridized carbons (Fsp3) is 0.160. The Morgan fingerprint density at radius 2 is 1.72 bits per heavy atom. The first kappa shape index (κ1) is 21.6. The minimum absolute atomic E-state index is 0.171. The average Bonchev–Trinajstić information content (AvgIpc) is 3.05. The number of hydrogen-bond acceptors (Lipinski definition) is 4. The van der Waals surface area contributed by atoms with Gasteiger partial charge in [-0.3, -0.25) is 0 Å². The van der Waals surface area contributed by atoms with E-state index in [1.807, 2.05) is 50.2 Å². The van der Waals surface area contributed by atoms with Crippen molar-refractivity contribution in [2.24, 2.45) is 5.10 Å². The zero-order valence-corrected chi connectivity index (χ0v) is 19.1. The maximum Gasteiger partial charge on any atom is 0.276 e. The number of aromatic nitrogens is 1. The minimum Gasteiger partial charge on any atom is -0.497 e. The third kappa shape index (κ3) is 4.38. The predicted octanol–water partition coefficient (Wildman–Crippen LogP) is 4.63. The van der Waals surface area contributed by atoms with Crippen LogP contribution >= 0.6 is 0 Å². The Bertz CT molecular complexity index is 1370. The molecule has 1 aromatic heterocycles. The highest BCUT2D eigenvalue weighted by molar-refractivity contribution is 7.89. The normalized spacial score (nSPS) is 11.8. The van der Waals surface area contributed by atoms with Gasteiger partial charge in [0.25, 0.3) is 10.0 Å².